The standard InChI is InChI=1S/C13H18N2O4/c1-13(2,6-16)15(3)12(17)8-4-10-11(5-9(8)14)19-7-18-10/h4-5,16H,6-7,14H2,1-3H3. The summed E-state index contributed by atoms with van der Waals surface area (Å²) in [6.07, 6.45) is 0. The van der Waals surface area contributed by atoms with E-state index in [1.54, 1.807) is 33.0 Å². The van der Waals surface area contributed by atoms with Crippen LogP contribution in [-0.2, 0) is 0 Å². The number of benzene rings is 1. The van der Waals surface area contributed by atoms with Crippen LogP contribution >= 0.6 is 0 Å². The van der Waals surface area contributed by atoms with Crippen LogP contribution in [0.15, 0.2) is 12.1 Å². The van der Waals surface area contributed by atoms with Crippen molar-refractivity contribution in [1.82, 2.24) is 4.90 Å². The maximum atomic E-state index is 12.4. The minimum absolute atomic E-state index is 0.129. The molecule has 2 rings (SSSR count). The summed E-state index contributed by atoms with van der Waals surface area (Å²) in [4.78, 5) is 13.9. The average Bonchev–Trinajstić information content (AvgIpc) is 2.83. The number of aliphatic hydroxyl groups is 1. The SMILES string of the molecule is CN(C(=O)c1cc2c(cc1N)OCO2)C(C)(C)CO. The number of anilines is 1. The van der Waals surface area contributed by atoms with Gasteiger partial charge in [0.2, 0.25) is 6.79 Å². The van der Waals surface area contributed by atoms with Gasteiger partial charge in [-0.3, -0.25) is 4.79 Å². The number of nitrogens with zero attached hydrogens (tertiary/aromatic N) is 1. The molecular weight excluding hydrogens is 248 g/mol. The van der Waals surface area contributed by atoms with Gasteiger partial charge in [0.05, 0.1) is 17.7 Å². The van der Waals surface area contributed by atoms with Gasteiger partial charge in [-0.1, -0.05) is 0 Å². The number of likely N-dealkylation sites (N-methyl/N-ethyl adjacent to an activating group) is 1. The smallest absolute Gasteiger partial charge is 0.256 e. The molecule has 6 nitrogen and oxygen atoms in total. The van der Waals surface area contributed by atoms with Crippen LogP contribution in [0.25, 0.3) is 0 Å². The molecule has 0 atom stereocenters. The van der Waals surface area contributed by atoms with Gasteiger partial charge in [-0.05, 0) is 19.9 Å². The molecule has 0 saturated heterocycles. The maximum absolute atomic E-state index is 12.4. The molecule has 0 saturated carbocycles. The second kappa shape index (κ2) is 4.62. The largest absolute Gasteiger partial charge is 0.454 e. The first-order valence-corrected chi connectivity index (χ1v) is 5.95. The molecule has 6 heteroatoms. The monoisotopic (exact) mass is 266 g/mol. The maximum Gasteiger partial charge on any atom is 0.256 e. The molecule has 0 aliphatic carbocycles. The van der Waals surface area contributed by atoms with Gasteiger partial charge in [0.1, 0.15) is 0 Å². The lowest BCUT2D eigenvalue weighted by molar-refractivity contribution is 0.0474. The number of aliphatic hydroxyl groups excluding tert-OH is 1. The Kier molecular flexibility index (Phi) is 3.28. The van der Waals surface area contributed by atoms with E-state index in [1.807, 2.05) is 0 Å². The van der Waals surface area contributed by atoms with Crippen LogP contribution in [0, 0.1) is 0 Å². The molecular formula is C13H18N2O4. The van der Waals surface area contributed by atoms with Gasteiger partial charge in [-0.25, -0.2) is 0 Å². The fourth-order valence-corrected chi connectivity index (χ4v) is 1.70. The zero-order chi connectivity index (χ0) is 14.2. The average molecular weight is 266 g/mol. The lowest BCUT2D eigenvalue weighted by atomic mass is 10.0. The van der Waals surface area contributed by atoms with E-state index in [2.05, 4.69) is 0 Å². The molecule has 0 spiro atoms. The number of carbonyl (C=O) groups excluding carboxylic acids is 1. The highest BCUT2D eigenvalue weighted by atomic mass is 16.7. The van der Waals surface area contributed by atoms with Crippen molar-refractivity contribution in [3.63, 3.8) is 0 Å². The highest BCUT2D eigenvalue weighted by molar-refractivity contribution is 6.00. The molecule has 0 aromatic heterocycles. The van der Waals surface area contributed by atoms with Crippen molar-refractivity contribution < 1.29 is 19.4 Å². The number of fused-ring (bicyclic) bond motifs is 1. The third-order valence-electron chi connectivity index (χ3n) is 3.37. The summed E-state index contributed by atoms with van der Waals surface area (Å²) in [5.41, 5.74) is 5.87. The summed E-state index contributed by atoms with van der Waals surface area (Å²) in [6, 6.07) is 3.15. The molecule has 3 N–H and O–H groups in total. The number of hydrogen-bond acceptors (Lipinski definition) is 5. The number of ether oxygens (including phenoxy) is 2. The van der Waals surface area contributed by atoms with Crippen LogP contribution in [0.5, 0.6) is 11.5 Å². The molecule has 1 aliphatic rings. The van der Waals surface area contributed by atoms with Crippen LogP contribution in [0.1, 0.15) is 24.2 Å². The molecule has 1 aromatic carbocycles. The second-order valence-corrected chi connectivity index (χ2v) is 5.13. The van der Waals surface area contributed by atoms with Crippen LogP contribution in [0.3, 0.4) is 0 Å². The van der Waals surface area contributed by atoms with E-state index in [9.17, 15) is 9.90 Å². The van der Waals surface area contributed by atoms with Gasteiger partial charge in [0.25, 0.3) is 5.91 Å². The normalized spacial score (nSPS) is 13.5. The molecule has 1 aromatic rings. The molecule has 0 unspecified atom stereocenters. The highest BCUT2D eigenvalue weighted by Crippen LogP contribution is 2.36. The number of carbonyl (C=O) groups is 1. The highest BCUT2D eigenvalue weighted by Gasteiger charge is 2.30. The van der Waals surface area contributed by atoms with Crippen LogP contribution in [0.2, 0.25) is 0 Å². The van der Waals surface area contributed by atoms with Crippen LogP contribution in [0.4, 0.5) is 5.69 Å². The second-order valence-electron chi connectivity index (χ2n) is 5.13. The molecule has 0 fully saturated rings. The fraction of sp³-hybridized carbons (Fsp3) is 0.462. The fourth-order valence-electron chi connectivity index (χ4n) is 1.70. The van der Waals surface area contributed by atoms with Gasteiger partial charge in [-0.15, -0.1) is 0 Å². The van der Waals surface area contributed by atoms with E-state index in [0.717, 1.165) is 0 Å². The molecule has 0 radical (unpaired) electrons. The number of hydrogen-bond donors (Lipinski definition) is 2. The van der Waals surface area contributed by atoms with Crippen molar-refractivity contribution in [3.05, 3.63) is 17.7 Å². The molecule has 1 amide bonds. The van der Waals surface area contributed by atoms with Gasteiger partial charge in [0, 0.05) is 18.8 Å². The Morgan fingerprint density at radius 1 is 1.42 bits per heavy atom. The Morgan fingerprint density at radius 2 is 2.00 bits per heavy atom. The molecule has 1 aliphatic heterocycles. The van der Waals surface area contributed by atoms with Crippen LogP contribution in [-0.4, -0.2) is 41.9 Å². The number of nitrogens with two attached hydrogens (primary N) is 1. The zero-order valence-corrected chi connectivity index (χ0v) is 11.3. The summed E-state index contributed by atoms with van der Waals surface area (Å²) >= 11 is 0. The van der Waals surface area contributed by atoms with E-state index in [0.29, 0.717) is 22.7 Å². The minimum Gasteiger partial charge on any atom is -0.454 e. The third kappa shape index (κ3) is 2.31. The van der Waals surface area contributed by atoms with Crippen molar-refractivity contribution in [2.24, 2.45) is 0 Å². The van der Waals surface area contributed by atoms with E-state index in [4.69, 9.17) is 15.2 Å². The van der Waals surface area contributed by atoms with Gasteiger partial charge in [-0.2, -0.15) is 0 Å². The zero-order valence-electron chi connectivity index (χ0n) is 11.3. The summed E-state index contributed by atoms with van der Waals surface area (Å²) in [6.45, 7) is 3.53. The first-order valence-electron chi connectivity index (χ1n) is 5.95. The van der Waals surface area contributed by atoms with Gasteiger partial charge >= 0.3 is 0 Å². The third-order valence-corrected chi connectivity index (χ3v) is 3.37. The quantitative estimate of drug-likeness (QED) is 0.792. The molecule has 1 heterocycles. The lowest BCUT2D eigenvalue weighted by Gasteiger charge is -2.34. The van der Waals surface area contributed by atoms with E-state index in [1.165, 1.54) is 4.90 Å². The first kappa shape index (κ1) is 13.5. The molecule has 19 heavy (non-hydrogen) atoms. The summed E-state index contributed by atoms with van der Waals surface area (Å²) in [5.74, 6) is 0.778. The van der Waals surface area contributed by atoms with E-state index >= 15 is 0 Å². The van der Waals surface area contributed by atoms with Crippen molar-refractivity contribution in [1.29, 1.82) is 0 Å². The van der Waals surface area contributed by atoms with Crippen molar-refractivity contribution in [2.75, 3.05) is 26.2 Å². The minimum atomic E-state index is -0.667. The summed E-state index contributed by atoms with van der Waals surface area (Å²) < 4.78 is 10.4. The Bertz CT molecular complexity index is 514. The predicted molar refractivity (Wildman–Crippen MR) is 70.2 cm³/mol. The Labute approximate surface area is 111 Å². The first-order chi connectivity index (χ1) is 8.86. The number of amides is 1. The number of nitrogen functional groups attached to an aromatic ring is 1. The van der Waals surface area contributed by atoms with Gasteiger partial charge < -0.3 is 25.2 Å². The topological polar surface area (TPSA) is 85.0 Å². The van der Waals surface area contributed by atoms with E-state index in [-0.39, 0.29) is 19.3 Å². The Balaban J connectivity index is 2.34. The van der Waals surface area contributed by atoms with Crippen LogP contribution < -0.4 is 15.2 Å². The molecule has 0 bridgehead atoms. The van der Waals surface area contributed by atoms with E-state index < -0.39 is 5.54 Å². The van der Waals surface area contributed by atoms with Crippen molar-refractivity contribution in [2.45, 2.75) is 19.4 Å². The van der Waals surface area contributed by atoms with Crippen molar-refractivity contribution in [3.8, 4) is 11.5 Å². The van der Waals surface area contributed by atoms with Crippen molar-refractivity contribution >= 4 is 11.6 Å². The Morgan fingerprint density at radius 3 is 2.58 bits per heavy atom. The summed E-state index contributed by atoms with van der Waals surface area (Å²) in [5, 5.41) is 9.31. The predicted octanol–water partition coefficient (Wildman–Crippen LogP) is 0.840. The Hall–Kier alpha value is -1.95. The number of rotatable bonds is 3. The summed E-state index contributed by atoms with van der Waals surface area (Å²) in [7, 11) is 1.63. The lowest BCUT2D eigenvalue weighted by Crippen LogP contribution is -2.47. The molecule has 104 valence electrons. The van der Waals surface area contributed by atoms with Gasteiger partial charge in [0.15, 0.2) is 11.5 Å².